The maximum Gasteiger partial charge on any atom is 0.252 e. The molecule has 19 heavy (non-hydrogen) atoms. The van der Waals surface area contributed by atoms with Crippen molar-refractivity contribution in [3.8, 4) is 0 Å². The number of carbonyl (C=O) groups excluding carboxylic acids is 1. The Hall–Kier alpha value is -1.82. The van der Waals surface area contributed by atoms with Gasteiger partial charge >= 0.3 is 0 Å². The molecular weight excluding hydrogens is 308 g/mol. The summed E-state index contributed by atoms with van der Waals surface area (Å²) in [7, 11) is 0. The van der Waals surface area contributed by atoms with Crippen LogP contribution in [0.5, 0.6) is 0 Å². The summed E-state index contributed by atoms with van der Waals surface area (Å²) in [5, 5.41) is 2.87. The molecule has 1 heterocycles. The maximum absolute atomic E-state index is 12.0. The summed E-state index contributed by atoms with van der Waals surface area (Å²) in [4.78, 5) is 15.9. The number of nitrogens with one attached hydrogen (secondary N) is 1. The molecule has 0 aliphatic rings. The molecule has 2 rings (SSSR count). The lowest BCUT2D eigenvalue weighted by Gasteiger charge is -2.08. The second kappa shape index (κ2) is 6.38. The van der Waals surface area contributed by atoms with Crippen molar-refractivity contribution in [1.82, 2.24) is 14.9 Å². The lowest BCUT2D eigenvalue weighted by molar-refractivity contribution is 0.0952. The summed E-state index contributed by atoms with van der Waals surface area (Å²) < 4.78 is 2.62. The summed E-state index contributed by atoms with van der Waals surface area (Å²) in [5.74, 6) is -0.121. The molecular formula is C13H15BrN4O. The third kappa shape index (κ3) is 3.57. The molecule has 0 spiro atoms. The monoisotopic (exact) mass is 322 g/mol. The third-order valence-corrected chi connectivity index (χ3v) is 3.60. The van der Waals surface area contributed by atoms with Crippen molar-refractivity contribution < 1.29 is 4.79 Å². The topological polar surface area (TPSA) is 72.9 Å². The van der Waals surface area contributed by atoms with Crippen molar-refractivity contribution in [3.05, 3.63) is 47.0 Å². The molecule has 3 N–H and O–H groups in total. The van der Waals surface area contributed by atoms with Crippen LogP contribution in [0.25, 0.3) is 0 Å². The average Bonchev–Trinajstić information content (AvgIpc) is 2.91. The molecule has 0 saturated heterocycles. The Morgan fingerprint density at radius 1 is 1.47 bits per heavy atom. The van der Waals surface area contributed by atoms with Gasteiger partial charge in [-0.3, -0.25) is 4.79 Å². The van der Waals surface area contributed by atoms with E-state index in [2.05, 4.69) is 26.2 Å². The molecule has 100 valence electrons. The SMILES string of the molecule is Nc1cccc(C(=O)NCCCn2ccnc2)c1Br. The number of imidazole rings is 1. The molecule has 1 aromatic carbocycles. The minimum absolute atomic E-state index is 0.121. The summed E-state index contributed by atoms with van der Waals surface area (Å²) >= 11 is 3.32. The van der Waals surface area contributed by atoms with E-state index in [1.54, 1.807) is 30.7 Å². The molecule has 1 amide bonds. The van der Waals surface area contributed by atoms with Crippen LogP contribution in [0.15, 0.2) is 41.4 Å². The number of nitrogen functional groups attached to an aromatic ring is 1. The first-order valence-electron chi connectivity index (χ1n) is 5.96. The Kier molecular flexibility index (Phi) is 4.57. The van der Waals surface area contributed by atoms with Gasteiger partial charge in [-0.05, 0) is 34.5 Å². The zero-order valence-electron chi connectivity index (χ0n) is 10.3. The second-order valence-electron chi connectivity index (χ2n) is 4.12. The Morgan fingerprint density at radius 2 is 2.32 bits per heavy atom. The molecule has 0 unspecified atom stereocenters. The first-order chi connectivity index (χ1) is 9.18. The highest BCUT2D eigenvalue weighted by Crippen LogP contribution is 2.23. The average molecular weight is 323 g/mol. The number of anilines is 1. The normalized spacial score (nSPS) is 10.4. The number of nitrogens with zero attached hydrogens (tertiary/aromatic N) is 2. The number of carbonyl (C=O) groups is 1. The van der Waals surface area contributed by atoms with Crippen LogP contribution in [0.1, 0.15) is 16.8 Å². The van der Waals surface area contributed by atoms with E-state index in [1.165, 1.54) is 0 Å². The highest BCUT2D eigenvalue weighted by atomic mass is 79.9. The standard InChI is InChI=1S/C13H15BrN4O/c14-12-10(3-1-4-11(12)15)13(19)17-5-2-7-18-8-6-16-9-18/h1,3-4,6,8-9H,2,5,7,15H2,(H,17,19). The summed E-state index contributed by atoms with van der Waals surface area (Å²) in [6.07, 6.45) is 6.25. The van der Waals surface area contributed by atoms with Gasteiger partial charge in [0.25, 0.3) is 5.91 Å². The highest BCUT2D eigenvalue weighted by molar-refractivity contribution is 9.10. The molecule has 0 aliphatic heterocycles. The van der Waals surface area contributed by atoms with Crippen molar-refractivity contribution in [2.45, 2.75) is 13.0 Å². The molecule has 0 radical (unpaired) electrons. The van der Waals surface area contributed by atoms with Gasteiger partial charge in [0.2, 0.25) is 0 Å². The minimum Gasteiger partial charge on any atom is -0.398 e. The molecule has 1 aromatic heterocycles. The van der Waals surface area contributed by atoms with Crippen LogP contribution in [-0.2, 0) is 6.54 Å². The summed E-state index contributed by atoms with van der Waals surface area (Å²) in [6, 6.07) is 5.26. The molecule has 6 heteroatoms. The highest BCUT2D eigenvalue weighted by Gasteiger charge is 2.10. The van der Waals surface area contributed by atoms with E-state index in [9.17, 15) is 4.79 Å². The van der Waals surface area contributed by atoms with Gasteiger partial charge in [-0.2, -0.15) is 0 Å². The van der Waals surface area contributed by atoms with Gasteiger partial charge in [0.05, 0.1) is 16.4 Å². The smallest absolute Gasteiger partial charge is 0.252 e. The molecule has 5 nitrogen and oxygen atoms in total. The van der Waals surface area contributed by atoms with E-state index in [-0.39, 0.29) is 5.91 Å². The van der Waals surface area contributed by atoms with E-state index >= 15 is 0 Å². The van der Waals surface area contributed by atoms with Crippen LogP contribution in [0.3, 0.4) is 0 Å². The predicted octanol–water partition coefficient (Wildman–Crippen LogP) is 2.05. The first-order valence-corrected chi connectivity index (χ1v) is 6.75. The lowest BCUT2D eigenvalue weighted by Crippen LogP contribution is -2.25. The van der Waals surface area contributed by atoms with Crippen molar-refractivity contribution >= 4 is 27.5 Å². The van der Waals surface area contributed by atoms with E-state index in [0.29, 0.717) is 22.3 Å². The summed E-state index contributed by atoms with van der Waals surface area (Å²) in [5.41, 5.74) is 6.86. The van der Waals surface area contributed by atoms with Crippen LogP contribution in [0.4, 0.5) is 5.69 Å². The van der Waals surface area contributed by atoms with E-state index in [1.807, 2.05) is 10.8 Å². The van der Waals surface area contributed by atoms with E-state index in [4.69, 9.17) is 5.73 Å². The Bertz CT molecular complexity index is 554. The van der Waals surface area contributed by atoms with Crippen LogP contribution in [0, 0.1) is 0 Å². The van der Waals surface area contributed by atoms with Crippen molar-refractivity contribution in [1.29, 1.82) is 0 Å². The number of halogens is 1. The van der Waals surface area contributed by atoms with Gasteiger partial charge in [-0.25, -0.2) is 4.98 Å². The fraction of sp³-hybridized carbons (Fsp3) is 0.231. The predicted molar refractivity (Wildman–Crippen MR) is 77.7 cm³/mol. The van der Waals surface area contributed by atoms with Crippen LogP contribution < -0.4 is 11.1 Å². The molecule has 0 atom stereocenters. The largest absolute Gasteiger partial charge is 0.398 e. The van der Waals surface area contributed by atoms with E-state index < -0.39 is 0 Å². The third-order valence-electron chi connectivity index (χ3n) is 2.71. The molecule has 0 saturated carbocycles. The maximum atomic E-state index is 12.0. The zero-order valence-corrected chi connectivity index (χ0v) is 11.9. The van der Waals surface area contributed by atoms with Crippen LogP contribution in [-0.4, -0.2) is 22.0 Å². The lowest BCUT2D eigenvalue weighted by atomic mass is 10.2. The molecule has 0 aliphatic carbocycles. The Morgan fingerprint density at radius 3 is 3.05 bits per heavy atom. The number of aryl methyl sites for hydroxylation is 1. The molecule has 0 bridgehead atoms. The zero-order chi connectivity index (χ0) is 13.7. The number of hydrogen-bond donors (Lipinski definition) is 2. The van der Waals surface area contributed by atoms with Gasteiger partial charge in [-0.1, -0.05) is 6.07 Å². The van der Waals surface area contributed by atoms with Gasteiger partial charge in [-0.15, -0.1) is 0 Å². The van der Waals surface area contributed by atoms with Crippen LogP contribution >= 0.6 is 15.9 Å². The second-order valence-corrected chi connectivity index (χ2v) is 4.91. The number of benzene rings is 1. The Labute approximate surface area is 120 Å². The fourth-order valence-corrected chi connectivity index (χ4v) is 2.15. The van der Waals surface area contributed by atoms with Gasteiger partial charge in [0.1, 0.15) is 0 Å². The number of rotatable bonds is 5. The molecule has 2 aromatic rings. The minimum atomic E-state index is -0.121. The quantitative estimate of drug-likeness (QED) is 0.653. The van der Waals surface area contributed by atoms with Gasteiger partial charge in [0, 0.05) is 31.2 Å². The van der Waals surface area contributed by atoms with Gasteiger partial charge < -0.3 is 15.6 Å². The summed E-state index contributed by atoms with van der Waals surface area (Å²) in [6.45, 7) is 1.44. The number of hydrogen-bond acceptors (Lipinski definition) is 3. The number of aromatic nitrogens is 2. The van der Waals surface area contributed by atoms with E-state index in [0.717, 1.165) is 13.0 Å². The number of amides is 1. The fourth-order valence-electron chi connectivity index (χ4n) is 1.70. The number of nitrogens with two attached hydrogens (primary N) is 1. The first kappa shape index (κ1) is 13.6. The van der Waals surface area contributed by atoms with Crippen molar-refractivity contribution in [2.75, 3.05) is 12.3 Å². The van der Waals surface area contributed by atoms with Crippen molar-refractivity contribution in [2.24, 2.45) is 0 Å². The van der Waals surface area contributed by atoms with Crippen LogP contribution in [0.2, 0.25) is 0 Å². The van der Waals surface area contributed by atoms with Crippen molar-refractivity contribution in [3.63, 3.8) is 0 Å². The molecule has 0 fully saturated rings. The Balaban J connectivity index is 1.83. The van der Waals surface area contributed by atoms with Gasteiger partial charge in [0.15, 0.2) is 0 Å².